The number of fused-ring (bicyclic) bond motifs is 1. The molecule has 0 unspecified atom stereocenters. The molecule has 3 rings (SSSR count). The summed E-state index contributed by atoms with van der Waals surface area (Å²) in [5, 5.41) is 4.82. The second-order valence-electron chi connectivity index (χ2n) is 4.22. The fraction of sp³-hybridized carbons (Fsp3) is 0.154. The summed E-state index contributed by atoms with van der Waals surface area (Å²) in [6.07, 6.45) is 3.10. The lowest BCUT2D eigenvalue weighted by Crippen LogP contribution is -2.04. The van der Waals surface area contributed by atoms with Gasteiger partial charge in [0.05, 0.1) is 12.9 Å². The maximum absolute atomic E-state index is 11.6. The van der Waals surface area contributed by atoms with Crippen molar-refractivity contribution < 1.29 is 0 Å². The van der Waals surface area contributed by atoms with Crippen LogP contribution in [0.25, 0.3) is 11.0 Å². The quantitative estimate of drug-likeness (QED) is 0.737. The van der Waals surface area contributed by atoms with E-state index in [1.54, 1.807) is 10.9 Å². The molecule has 1 N–H and O–H groups in total. The van der Waals surface area contributed by atoms with Crippen LogP contribution >= 0.6 is 0 Å². The van der Waals surface area contributed by atoms with Gasteiger partial charge in [0, 0.05) is 6.20 Å². The third-order valence-corrected chi connectivity index (χ3v) is 2.96. The molecule has 0 aliphatic carbocycles. The first kappa shape index (κ1) is 10.7. The Balaban J connectivity index is 2.04. The molecule has 0 atom stereocenters. The summed E-state index contributed by atoms with van der Waals surface area (Å²) in [4.78, 5) is 18.1. The van der Waals surface area contributed by atoms with Crippen LogP contribution in [0.15, 0.2) is 41.6 Å². The second kappa shape index (κ2) is 4.10. The predicted octanol–water partition coefficient (Wildman–Crippen LogP) is 1.48. The normalized spacial score (nSPS) is 10.9. The Morgan fingerprint density at radius 2 is 2.17 bits per heavy atom. The molecule has 0 fully saturated rings. The number of H-pyrrole nitrogens is 1. The lowest BCUT2D eigenvalue weighted by molar-refractivity contribution is 0.690. The van der Waals surface area contributed by atoms with E-state index in [0.29, 0.717) is 17.6 Å². The molecular weight excluding hydrogens is 228 g/mol. The Hall–Kier alpha value is -2.43. The predicted molar refractivity (Wildman–Crippen MR) is 68.4 cm³/mol. The van der Waals surface area contributed by atoms with Crippen LogP contribution in [-0.4, -0.2) is 19.7 Å². The number of aromatic nitrogens is 4. The number of benzene rings is 1. The number of aromatic amines is 1. The molecule has 0 spiro atoms. The minimum atomic E-state index is -0.156. The van der Waals surface area contributed by atoms with Gasteiger partial charge in [-0.25, -0.2) is 4.98 Å². The molecule has 2 aromatic heterocycles. The highest BCUT2D eigenvalue weighted by Gasteiger charge is 2.06. The maximum atomic E-state index is 11.6. The third-order valence-electron chi connectivity index (χ3n) is 2.96. The van der Waals surface area contributed by atoms with Crippen LogP contribution in [0.3, 0.4) is 0 Å². The molecule has 0 amide bonds. The monoisotopic (exact) mass is 240 g/mol. The molecule has 18 heavy (non-hydrogen) atoms. The molecule has 1 aromatic carbocycles. The van der Waals surface area contributed by atoms with Gasteiger partial charge in [-0.1, -0.05) is 24.3 Å². The van der Waals surface area contributed by atoms with Crippen LogP contribution in [0.2, 0.25) is 0 Å². The van der Waals surface area contributed by atoms with Gasteiger partial charge in [0.1, 0.15) is 5.39 Å². The molecule has 5 heteroatoms. The zero-order chi connectivity index (χ0) is 12.5. The van der Waals surface area contributed by atoms with Crippen molar-refractivity contribution >= 4 is 11.0 Å². The lowest BCUT2D eigenvalue weighted by Gasteiger charge is -2.04. The Morgan fingerprint density at radius 1 is 1.33 bits per heavy atom. The Labute approximate surface area is 103 Å². The molecule has 2 heterocycles. The van der Waals surface area contributed by atoms with Gasteiger partial charge in [-0.05, 0) is 18.1 Å². The van der Waals surface area contributed by atoms with E-state index < -0.39 is 0 Å². The molecule has 3 aromatic rings. The number of nitrogens with one attached hydrogen (secondary N) is 1. The van der Waals surface area contributed by atoms with Gasteiger partial charge in [0.25, 0.3) is 5.56 Å². The van der Waals surface area contributed by atoms with Crippen molar-refractivity contribution in [3.63, 3.8) is 0 Å². The highest BCUT2D eigenvalue weighted by molar-refractivity contribution is 5.72. The Morgan fingerprint density at radius 3 is 2.94 bits per heavy atom. The molecular formula is C13H12N4O. The van der Waals surface area contributed by atoms with E-state index in [0.717, 1.165) is 0 Å². The van der Waals surface area contributed by atoms with Crippen molar-refractivity contribution in [3.8, 4) is 0 Å². The minimum Gasteiger partial charge on any atom is -0.312 e. The molecule has 5 nitrogen and oxygen atoms in total. The fourth-order valence-corrected chi connectivity index (χ4v) is 1.94. The van der Waals surface area contributed by atoms with Crippen LogP contribution in [0, 0.1) is 6.92 Å². The number of aryl methyl sites for hydroxylation is 1. The van der Waals surface area contributed by atoms with Crippen molar-refractivity contribution in [3.05, 3.63) is 58.3 Å². The van der Waals surface area contributed by atoms with Crippen LogP contribution in [-0.2, 0) is 6.54 Å². The Bertz CT molecular complexity index is 757. The molecule has 0 saturated heterocycles. The molecule has 0 saturated carbocycles. The fourth-order valence-electron chi connectivity index (χ4n) is 1.94. The number of hydrogen-bond donors (Lipinski definition) is 1. The average molecular weight is 240 g/mol. The highest BCUT2D eigenvalue weighted by Crippen LogP contribution is 2.10. The van der Waals surface area contributed by atoms with Crippen LogP contribution in [0.4, 0.5) is 0 Å². The van der Waals surface area contributed by atoms with Gasteiger partial charge >= 0.3 is 0 Å². The van der Waals surface area contributed by atoms with Crippen molar-refractivity contribution in [2.75, 3.05) is 0 Å². The smallest absolute Gasteiger partial charge is 0.261 e. The van der Waals surface area contributed by atoms with E-state index in [1.807, 2.05) is 12.1 Å². The number of rotatable bonds is 2. The Kier molecular flexibility index (Phi) is 2.44. The van der Waals surface area contributed by atoms with E-state index >= 15 is 0 Å². The summed E-state index contributed by atoms with van der Waals surface area (Å²) in [5.74, 6) is 0. The molecule has 0 radical (unpaired) electrons. The SMILES string of the molecule is Cc1ccccc1Cn1cc2c(=O)[nH]cnc2n1. The van der Waals surface area contributed by atoms with Gasteiger partial charge in [0.15, 0.2) is 5.65 Å². The second-order valence-corrected chi connectivity index (χ2v) is 4.22. The van der Waals surface area contributed by atoms with Gasteiger partial charge < -0.3 is 4.98 Å². The van der Waals surface area contributed by atoms with Crippen LogP contribution in [0.1, 0.15) is 11.1 Å². The van der Waals surface area contributed by atoms with E-state index in [-0.39, 0.29) is 5.56 Å². The summed E-state index contributed by atoms with van der Waals surface area (Å²) in [6, 6.07) is 8.12. The first-order valence-electron chi connectivity index (χ1n) is 5.69. The van der Waals surface area contributed by atoms with Gasteiger partial charge in [-0.2, -0.15) is 5.10 Å². The number of nitrogens with zero attached hydrogens (tertiary/aromatic N) is 3. The van der Waals surface area contributed by atoms with E-state index in [9.17, 15) is 4.79 Å². The van der Waals surface area contributed by atoms with Gasteiger partial charge in [-0.15, -0.1) is 0 Å². The van der Waals surface area contributed by atoms with Crippen molar-refractivity contribution in [2.45, 2.75) is 13.5 Å². The van der Waals surface area contributed by atoms with Crippen LogP contribution < -0.4 is 5.56 Å². The zero-order valence-corrected chi connectivity index (χ0v) is 9.92. The minimum absolute atomic E-state index is 0.156. The average Bonchev–Trinajstić information content (AvgIpc) is 2.76. The molecule has 90 valence electrons. The summed E-state index contributed by atoms with van der Waals surface area (Å²) >= 11 is 0. The molecule has 0 aliphatic rings. The summed E-state index contributed by atoms with van der Waals surface area (Å²) < 4.78 is 1.75. The van der Waals surface area contributed by atoms with E-state index in [1.165, 1.54) is 17.5 Å². The van der Waals surface area contributed by atoms with Crippen molar-refractivity contribution in [1.29, 1.82) is 0 Å². The highest BCUT2D eigenvalue weighted by atomic mass is 16.1. The van der Waals surface area contributed by atoms with Crippen molar-refractivity contribution in [2.24, 2.45) is 0 Å². The summed E-state index contributed by atoms with van der Waals surface area (Å²) in [6.45, 7) is 2.70. The van der Waals surface area contributed by atoms with Crippen molar-refractivity contribution in [1.82, 2.24) is 19.7 Å². The van der Waals surface area contributed by atoms with Crippen LogP contribution in [0.5, 0.6) is 0 Å². The van der Waals surface area contributed by atoms with E-state index in [4.69, 9.17) is 0 Å². The lowest BCUT2D eigenvalue weighted by atomic mass is 10.1. The zero-order valence-electron chi connectivity index (χ0n) is 9.92. The standard InChI is InChI=1S/C13H12N4O/c1-9-4-2-3-5-10(9)6-17-7-11-12(16-17)14-8-15-13(11)18/h2-5,7-8H,6H2,1H3,(H,14,15,16,18). The third kappa shape index (κ3) is 1.79. The molecule has 0 aliphatic heterocycles. The van der Waals surface area contributed by atoms with E-state index in [2.05, 4.69) is 34.1 Å². The summed E-state index contributed by atoms with van der Waals surface area (Å²) in [7, 11) is 0. The largest absolute Gasteiger partial charge is 0.312 e. The van der Waals surface area contributed by atoms with Gasteiger partial charge in [-0.3, -0.25) is 9.48 Å². The first-order chi connectivity index (χ1) is 8.74. The van der Waals surface area contributed by atoms with Gasteiger partial charge in [0.2, 0.25) is 0 Å². The maximum Gasteiger partial charge on any atom is 0.261 e. The first-order valence-corrected chi connectivity index (χ1v) is 5.69. The topological polar surface area (TPSA) is 63.6 Å². The summed E-state index contributed by atoms with van der Waals surface area (Å²) in [5.41, 5.74) is 2.71. The molecule has 0 bridgehead atoms. The number of hydrogen-bond acceptors (Lipinski definition) is 3.